The van der Waals surface area contributed by atoms with E-state index >= 15 is 0 Å². The van der Waals surface area contributed by atoms with Crippen molar-refractivity contribution in [3.8, 4) is 0 Å². The fraction of sp³-hybridized carbons (Fsp3) is 0.571. The second-order valence-electron chi connectivity index (χ2n) is 5.54. The van der Waals surface area contributed by atoms with E-state index in [-0.39, 0.29) is 11.5 Å². The Labute approximate surface area is 107 Å². The molecule has 1 aliphatic carbocycles. The van der Waals surface area contributed by atoms with Gasteiger partial charge in [0, 0.05) is 17.2 Å². The Kier molecular flexibility index (Phi) is 3.05. The molecule has 1 heterocycles. The van der Waals surface area contributed by atoms with Crippen LogP contribution in [0.4, 0.5) is 0 Å². The van der Waals surface area contributed by atoms with Crippen LogP contribution in [0.3, 0.4) is 0 Å². The molecule has 0 radical (unpaired) electrons. The molecular weight excluding hydrogens is 230 g/mol. The van der Waals surface area contributed by atoms with Crippen molar-refractivity contribution in [1.82, 2.24) is 5.32 Å². The van der Waals surface area contributed by atoms with E-state index in [1.165, 1.54) is 6.08 Å². The van der Waals surface area contributed by atoms with E-state index in [2.05, 4.69) is 19.2 Å². The van der Waals surface area contributed by atoms with Crippen LogP contribution in [-0.2, 0) is 14.3 Å². The highest BCUT2D eigenvalue weighted by Gasteiger charge is 2.40. The molecule has 18 heavy (non-hydrogen) atoms. The fourth-order valence-corrected chi connectivity index (χ4v) is 2.76. The molecule has 0 bridgehead atoms. The van der Waals surface area contributed by atoms with Gasteiger partial charge >= 0.3 is 0 Å². The molecule has 98 valence electrons. The summed E-state index contributed by atoms with van der Waals surface area (Å²) in [4.78, 5) is 23.7. The van der Waals surface area contributed by atoms with Crippen LogP contribution in [-0.4, -0.2) is 23.7 Å². The summed E-state index contributed by atoms with van der Waals surface area (Å²) in [6.45, 7) is 8.48. The highest BCUT2D eigenvalue weighted by molar-refractivity contribution is 6.48. The standard InChI is InChI=1S/C14H19NO3/c1-5-18-10-6-9(16)13(17)11-8(2)7-14(3,4)15-12(10)11/h6,8,15H,5,7H2,1-4H3. The van der Waals surface area contributed by atoms with Crippen molar-refractivity contribution in [2.24, 2.45) is 5.92 Å². The molecule has 0 amide bonds. The van der Waals surface area contributed by atoms with Crippen LogP contribution in [0, 0.1) is 5.92 Å². The lowest BCUT2D eigenvalue weighted by molar-refractivity contribution is -0.132. The smallest absolute Gasteiger partial charge is 0.231 e. The predicted molar refractivity (Wildman–Crippen MR) is 67.7 cm³/mol. The molecule has 0 aromatic heterocycles. The second kappa shape index (κ2) is 4.26. The molecule has 0 aromatic carbocycles. The normalized spacial score (nSPS) is 26.4. The van der Waals surface area contributed by atoms with Gasteiger partial charge in [0.15, 0.2) is 0 Å². The average molecular weight is 249 g/mol. The van der Waals surface area contributed by atoms with Crippen molar-refractivity contribution >= 4 is 11.6 Å². The molecule has 1 aliphatic heterocycles. The van der Waals surface area contributed by atoms with Gasteiger partial charge in [-0.2, -0.15) is 0 Å². The number of Topliss-reactive ketones (excluding diaryl/α,β-unsaturated/α-hetero) is 1. The van der Waals surface area contributed by atoms with E-state index in [4.69, 9.17) is 4.74 Å². The highest BCUT2D eigenvalue weighted by atomic mass is 16.5. The number of carbonyl (C=O) groups is 2. The zero-order chi connectivity index (χ0) is 13.5. The Balaban J connectivity index is 2.50. The highest BCUT2D eigenvalue weighted by Crippen LogP contribution is 2.36. The van der Waals surface area contributed by atoms with Crippen LogP contribution in [0.25, 0.3) is 0 Å². The van der Waals surface area contributed by atoms with Crippen LogP contribution in [0.1, 0.15) is 34.1 Å². The van der Waals surface area contributed by atoms with Crippen molar-refractivity contribution in [3.05, 3.63) is 23.1 Å². The molecule has 0 spiro atoms. The molecule has 0 saturated heterocycles. The minimum absolute atomic E-state index is 0.0665. The Morgan fingerprint density at radius 2 is 2.11 bits per heavy atom. The monoisotopic (exact) mass is 249 g/mol. The van der Waals surface area contributed by atoms with Crippen molar-refractivity contribution < 1.29 is 14.3 Å². The van der Waals surface area contributed by atoms with Gasteiger partial charge in [0.2, 0.25) is 11.6 Å². The van der Waals surface area contributed by atoms with E-state index in [9.17, 15) is 9.59 Å². The topological polar surface area (TPSA) is 55.4 Å². The maximum absolute atomic E-state index is 12.0. The molecule has 0 fully saturated rings. The van der Waals surface area contributed by atoms with Crippen LogP contribution >= 0.6 is 0 Å². The number of nitrogens with one attached hydrogen (secondary N) is 1. The number of hydrogen-bond donors (Lipinski definition) is 1. The summed E-state index contributed by atoms with van der Waals surface area (Å²) in [5, 5.41) is 3.32. The molecule has 0 saturated carbocycles. The first kappa shape index (κ1) is 12.9. The summed E-state index contributed by atoms with van der Waals surface area (Å²) in [5.41, 5.74) is 1.17. The van der Waals surface area contributed by atoms with E-state index in [1.54, 1.807) is 0 Å². The van der Waals surface area contributed by atoms with Gasteiger partial charge in [-0.25, -0.2) is 0 Å². The zero-order valence-electron chi connectivity index (χ0n) is 11.3. The second-order valence-corrected chi connectivity index (χ2v) is 5.54. The van der Waals surface area contributed by atoms with Crippen molar-refractivity contribution in [1.29, 1.82) is 0 Å². The Hall–Kier alpha value is -1.58. The van der Waals surface area contributed by atoms with Crippen LogP contribution in [0.2, 0.25) is 0 Å². The minimum Gasteiger partial charge on any atom is -0.492 e. The van der Waals surface area contributed by atoms with Gasteiger partial charge in [-0.3, -0.25) is 9.59 Å². The zero-order valence-corrected chi connectivity index (χ0v) is 11.3. The number of ketones is 2. The quantitative estimate of drug-likeness (QED) is 0.598. The van der Waals surface area contributed by atoms with Gasteiger partial charge in [-0.15, -0.1) is 0 Å². The number of carbonyl (C=O) groups excluding carboxylic acids is 2. The lowest BCUT2D eigenvalue weighted by atomic mass is 9.77. The molecule has 2 rings (SSSR count). The van der Waals surface area contributed by atoms with E-state index in [0.717, 1.165) is 6.42 Å². The predicted octanol–water partition coefficient (Wildman–Crippen LogP) is 1.72. The lowest BCUT2D eigenvalue weighted by Crippen LogP contribution is -2.48. The van der Waals surface area contributed by atoms with E-state index in [1.807, 2.05) is 13.8 Å². The van der Waals surface area contributed by atoms with Crippen molar-refractivity contribution in [2.75, 3.05) is 6.61 Å². The third-order valence-corrected chi connectivity index (χ3v) is 3.32. The molecule has 1 atom stereocenters. The average Bonchev–Trinajstić information content (AvgIpc) is 2.23. The fourth-order valence-electron chi connectivity index (χ4n) is 2.76. The maximum atomic E-state index is 12.0. The number of allylic oxidation sites excluding steroid dienone is 2. The number of hydrogen-bond acceptors (Lipinski definition) is 4. The summed E-state index contributed by atoms with van der Waals surface area (Å²) >= 11 is 0. The van der Waals surface area contributed by atoms with Gasteiger partial charge in [0.1, 0.15) is 5.76 Å². The largest absolute Gasteiger partial charge is 0.492 e. The third-order valence-electron chi connectivity index (χ3n) is 3.32. The molecule has 4 nitrogen and oxygen atoms in total. The third kappa shape index (κ3) is 2.07. The Morgan fingerprint density at radius 1 is 1.44 bits per heavy atom. The summed E-state index contributed by atoms with van der Waals surface area (Å²) in [5.74, 6) is -0.317. The number of rotatable bonds is 2. The first-order chi connectivity index (χ1) is 8.35. The van der Waals surface area contributed by atoms with Crippen molar-refractivity contribution in [2.45, 2.75) is 39.7 Å². The minimum atomic E-state index is -0.481. The van der Waals surface area contributed by atoms with Crippen molar-refractivity contribution in [3.63, 3.8) is 0 Å². The summed E-state index contributed by atoms with van der Waals surface area (Å²) in [6.07, 6.45) is 2.12. The first-order valence-electron chi connectivity index (χ1n) is 6.31. The molecule has 0 aromatic rings. The van der Waals surface area contributed by atoms with Crippen LogP contribution < -0.4 is 5.32 Å². The Morgan fingerprint density at radius 3 is 2.72 bits per heavy atom. The van der Waals surface area contributed by atoms with Gasteiger partial charge in [0.25, 0.3) is 0 Å². The molecule has 4 heteroatoms. The number of ether oxygens (including phenoxy) is 1. The SMILES string of the molecule is CCOC1=CC(=O)C(=O)C2=C1NC(C)(C)CC2C. The Bertz CT molecular complexity index is 471. The summed E-state index contributed by atoms with van der Waals surface area (Å²) < 4.78 is 5.48. The van der Waals surface area contributed by atoms with Gasteiger partial charge in [0.05, 0.1) is 12.3 Å². The van der Waals surface area contributed by atoms with Gasteiger partial charge < -0.3 is 10.1 Å². The molecular formula is C14H19NO3. The van der Waals surface area contributed by atoms with E-state index in [0.29, 0.717) is 23.6 Å². The summed E-state index contributed by atoms with van der Waals surface area (Å²) in [7, 11) is 0. The van der Waals surface area contributed by atoms with Gasteiger partial charge in [-0.05, 0) is 33.1 Å². The lowest BCUT2D eigenvalue weighted by Gasteiger charge is -2.40. The van der Waals surface area contributed by atoms with E-state index < -0.39 is 11.6 Å². The molecule has 1 unspecified atom stereocenters. The molecule has 2 aliphatic rings. The van der Waals surface area contributed by atoms with Crippen LogP contribution in [0.5, 0.6) is 0 Å². The summed E-state index contributed by atoms with van der Waals surface area (Å²) in [6, 6.07) is 0. The van der Waals surface area contributed by atoms with Crippen LogP contribution in [0.15, 0.2) is 23.1 Å². The molecule has 1 N–H and O–H groups in total. The maximum Gasteiger partial charge on any atom is 0.231 e. The first-order valence-corrected chi connectivity index (χ1v) is 6.31. The van der Waals surface area contributed by atoms with Gasteiger partial charge in [-0.1, -0.05) is 6.92 Å².